The van der Waals surface area contributed by atoms with Crippen LogP contribution in [-0.4, -0.2) is 62.0 Å². The number of rotatable bonds is 7. The van der Waals surface area contributed by atoms with Gasteiger partial charge in [-0.2, -0.15) is 0 Å². The van der Waals surface area contributed by atoms with Crippen molar-refractivity contribution in [3.63, 3.8) is 0 Å². The average molecular weight is 430 g/mol. The number of benzene rings is 1. The number of piperidine rings is 1. The molecule has 6 nitrogen and oxygen atoms in total. The van der Waals surface area contributed by atoms with Crippen LogP contribution in [-0.2, 0) is 27.1 Å². The number of nitrogens with zero attached hydrogens (tertiary/aromatic N) is 3. The van der Waals surface area contributed by atoms with E-state index < -0.39 is 10.0 Å². The normalized spacial score (nSPS) is 22.0. The van der Waals surface area contributed by atoms with Gasteiger partial charge in [-0.15, -0.1) is 0 Å². The highest BCUT2D eigenvalue weighted by molar-refractivity contribution is 7.88. The number of hydrogen-bond acceptors (Lipinski definition) is 5. The lowest BCUT2D eigenvalue weighted by Gasteiger charge is -2.37. The molecule has 1 atom stereocenters. The third-order valence-electron chi connectivity index (χ3n) is 6.34. The van der Waals surface area contributed by atoms with Crippen molar-refractivity contribution in [2.45, 2.75) is 37.7 Å². The SMILES string of the molecule is CN(Cc1cccnc1)C[C@@H]1CC2(CCN(S(=O)(=O)Cc3ccccc3)CC2)CO1. The lowest BCUT2D eigenvalue weighted by Crippen LogP contribution is -2.44. The van der Waals surface area contributed by atoms with Gasteiger partial charge in [0.05, 0.1) is 18.5 Å². The number of aromatic nitrogens is 1. The predicted molar refractivity (Wildman–Crippen MR) is 117 cm³/mol. The molecule has 2 fully saturated rings. The third-order valence-corrected chi connectivity index (χ3v) is 8.19. The van der Waals surface area contributed by atoms with Crippen molar-refractivity contribution in [2.75, 3.05) is 33.3 Å². The average Bonchev–Trinajstić information content (AvgIpc) is 3.11. The molecule has 1 aromatic heterocycles. The zero-order chi connectivity index (χ0) is 21.0. The Morgan fingerprint density at radius 3 is 2.57 bits per heavy atom. The maximum Gasteiger partial charge on any atom is 0.218 e. The van der Waals surface area contributed by atoms with Gasteiger partial charge < -0.3 is 4.74 Å². The van der Waals surface area contributed by atoms with E-state index in [9.17, 15) is 8.42 Å². The molecule has 1 spiro atoms. The molecule has 162 valence electrons. The molecule has 0 radical (unpaired) electrons. The first-order valence-corrected chi connectivity index (χ1v) is 12.3. The second-order valence-electron chi connectivity index (χ2n) is 8.84. The molecule has 0 N–H and O–H groups in total. The van der Waals surface area contributed by atoms with E-state index in [0.717, 1.165) is 44.5 Å². The van der Waals surface area contributed by atoms with Crippen LogP contribution < -0.4 is 0 Å². The summed E-state index contributed by atoms with van der Waals surface area (Å²) in [5.41, 5.74) is 2.17. The molecular formula is C23H31N3O3S. The van der Waals surface area contributed by atoms with Gasteiger partial charge in [0, 0.05) is 38.6 Å². The highest BCUT2D eigenvalue weighted by atomic mass is 32.2. The van der Waals surface area contributed by atoms with Crippen LogP contribution in [0.1, 0.15) is 30.4 Å². The highest BCUT2D eigenvalue weighted by Crippen LogP contribution is 2.42. The Morgan fingerprint density at radius 2 is 1.87 bits per heavy atom. The fourth-order valence-electron chi connectivity index (χ4n) is 4.69. The molecule has 2 aliphatic heterocycles. The summed E-state index contributed by atoms with van der Waals surface area (Å²) in [5, 5.41) is 0. The molecular weight excluding hydrogens is 398 g/mol. The van der Waals surface area contributed by atoms with E-state index >= 15 is 0 Å². The van der Waals surface area contributed by atoms with Crippen molar-refractivity contribution in [2.24, 2.45) is 5.41 Å². The van der Waals surface area contributed by atoms with Crippen LogP contribution in [0.4, 0.5) is 0 Å². The zero-order valence-electron chi connectivity index (χ0n) is 17.6. The summed E-state index contributed by atoms with van der Waals surface area (Å²) in [7, 11) is -1.16. The second-order valence-corrected chi connectivity index (χ2v) is 10.8. The third kappa shape index (κ3) is 5.27. The molecule has 1 aromatic carbocycles. The van der Waals surface area contributed by atoms with Crippen LogP contribution in [0.2, 0.25) is 0 Å². The first kappa shape index (κ1) is 21.4. The standard InChI is InChI=1S/C23H31N3O3S/c1-25(16-21-8-5-11-24-15-21)17-22-14-23(19-29-22)9-12-26(13-10-23)30(27,28)18-20-6-3-2-4-7-20/h2-8,11,15,22H,9-10,12-14,16-19H2,1H3/t22-/m0/s1. The summed E-state index contributed by atoms with van der Waals surface area (Å²) in [6, 6.07) is 13.5. The summed E-state index contributed by atoms with van der Waals surface area (Å²) >= 11 is 0. The van der Waals surface area contributed by atoms with E-state index in [4.69, 9.17) is 4.74 Å². The topological polar surface area (TPSA) is 62.7 Å². The molecule has 4 rings (SSSR count). The van der Waals surface area contributed by atoms with E-state index in [-0.39, 0.29) is 17.3 Å². The van der Waals surface area contributed by atoms with Gasteiger partial charge in [-0.25, -0.2) is 12.7 Å². The zero-order valence-corrected chi connectivity index (χ0v) is 18.4. The van der Waals surface area contributed by atoms with Crippen molar-refractivity contribution in [1.29, 1.82) is 0 Å². The smallest absolute Gasteiger partial charge is 0.218 e. The molecule has 0 unspecified atom stereocenters. The molecule has 30 heavy (non-hydrogen) atoms. The number of ether oxygens (including phenoxy) is 1. The van der Waals surface area contributed by atoms with E-state index in [1.807, 2.05) is 42.6 Å². The number of likely N-dealkylation sites (N-methyl/N-ethyl adjacent to an activating group) is 1. The quantitative estimate of drug-likeness (QED) is 0.677. The fourth-order valence-corrected chi connectivity index (χ4v) is 6.23. The van der Waals surface area contributed by atoms with Gasteiger partial charge in [0.1, 0.15) is 0 Å². The predicted octanol–water partition coefficient (Wildman–Crippen LogP) is 2.91. The van der Waals surface area contributed by atoms with Crippen LogP contribution >= 0.6 is 0 Å². The van der Waals surface area contributed by atoms with Gasteiger partial charge in [-0.1, -0.05) is 36.4 Å². The molecule has 0 aliphatic carbocycles. The van der Waals surface area contributed by atoms with E-state index in [1.165, 1.54) is 5.56 Å². The minimum Gasteiger partial charge on any atom is -0.376 e. The van der Waals surface area contributed by atoms with Gasteiger partial charge >= 0.3 is 0 Å². The maximum absolute atomic E-state index is 12.8. The van der Waals surface area contributed by atoms with Crippen molar-refractivity contribution >= 4 is 10.0 Å². The minimum absolute atomic E-state index is 0.0824. The van der Waals surface area contributed by atoms with Crippen molar-refractivity contribution in [3.05, 3.63) is 66.0 Å². The lowest BCUT2D eigenvalue weighted by molar-refractivity contribution is 0.0618. The van der Waals surface area contributed by atoms with Gasteiger partial charge in [-0.05, 0) is 48.9 Å². The van der Waals surface area contributed by atoms with Crippen molar-refractivity contribution in [1.82, 2.24) is 14.2 Å². The largest absolute Gasteiger partial charge is 0.376 e. The van der Waals surface area contributed by atoms with Crippen LogP contribution in [0.5, 0.6) is 0 Å². The lowest BCUT2D eigenvalue weighted by atomic mass is 9.77. The molecule has 0 saturated carbocycles. The van der Waals surface area contributed by atoms with Crippen molar-refractivity contribution in [3.8, 4) is 0 Å². The van der Waals surface area contributed by atoms with Gasteiger partial charge in [0.25, 0.3) is 0 Å². The van der Waals surface area contributed by atoms with Crippen LogP contribution in [0, 0.1) is 5.41 Å². The number of hydrogen-bond donors (Lipinski definition) is 0. The number of sulfonamides is 1. The number of pyridine rings is 1. The summed E-state index contributed by atoms with van der Waals surface area (Å²) in [5.74, 6) is 0.0824. The molecule has 2 aliphatic rings. The summed E-state index contributed by atoms with van der Waals surface area (Å²) in [6.45, 7) is 3.66. The molecule has 2 aromatic rings. The van der Waals surface area contributed by atoms with Gasteiger partial charge in [-0.3, -0.25) is 9.88 Å². The second kappa shape index (κ2) is 9.14. The van der Waals surface area contributed by atoms with E-state index in [2.05, 4.69) is 23.0 Å². The molecule has 3 heterocycles. The van der Waals surface area contributed by atoms with Gasteiger partial charge in [0.15, 0.2) is 0 Å². The van der Waals surface area contributed by atoms with Crippen LogP contribution in [0.3, 0.4) is 0 Å². The summed E-state index contributed by atoms with van der Waals surface area (Å²) in [6.07, 6.45) is 6.67. The Balaban J connectivity index is 1.27. The van der Waals surface area contributed by atoms with Gasteiger partial charge in [0.2, 0.25) is 10.0 Å². The van der Waals surface area contributed by atoms with Crippen molar-refractivity contribution < 1.29 is 13.2 Å². The molecule has 0 bridgehead atoms. The summed E-state index contributed by atoms with van der Waals surface area (Å²) < 4.78 is 33.5. The first-order chi connectivity index (χ1) is 14.4. The highest BCUT2D eigenvalue weighted by Gasteiger charge is 2.44. The minimum atomic E-state index is -3.27. The maximum atomic E-state index is 12.8. The Bertz CT molecular complexity index is 913. The Kier molecular flexibility index (Phi) is 6.53. The van der Waals surface area contributed by atoms with Crippen LogP contribution in [0.25, 0.3) is 0 Å². The first-order valence-electron chi connectivity index (χ1n) is 10.6. The Morgan fingerprint density at radius 1 is 1.13 bits per heavy atom. The molecule has 7 heteroatoms. The van der Waals surface area contributed by atoms with E-state index in [1.54, 1.807) is 10.5 Å². The molecule has 2 saturated heterocycles. The van der Waals surface area contributed by atoms with E-state index in [0.29, 0.717) is 13.1 Å². The summed E-state index contributed by atoms with van der Waals surface area (Å²) in [4.78, 5) is 6.46. The monoisotopic (exact) mass is 429 g/mol. The Labute approximate surface area is 179 Å². The Hall–Kier alpha value is -1.80. The molecule has 0 amide bonds. The fraction of sp³-hybridized carbons (Fsp3) is 0.522. The van der Waals surface area contributed by atoms with Crippen LogP contribution in [0.15, 0.2) is 54.9 Å².